The van der Waals surface area contributed by atoms with Crippen LogP contribution in [0, 0.1) is 0 Å². The van der Waals surface area contributed by atoms with E-state index in [2.05, 4.69) is 15.9 Å². The van der Waals surface area contributed by atoms with Crippen molar-refractivity contribution in [3.63, 3.8) is 0 Å². The van der Waals surface area contributed by atoms with Crippen LogP contribution in [0.25, 0.3) is 0 Å². The fraction of sp³-hybridized carbons (Fsp3) is 0.0857. The molecule has 0 atom stereocenters. The zero-order valence-electron chi connectivity index (χ0n) is 21.8. The molecule has 5 aromatic carbocycles. The highest BCUT2D eigenvalue weighted by Gasteiger charge is 2.10. The Labute approximate surface area is 242 Å². The molecule has 0 N–H and O–H groups in total. The zero-order chi connectivity index (χ0) is 27.7. The fourth-order valence-electron chi connectivity index (χ4n) is 4.22. The van der Waals surface area contributed by atoms with E-state index in [4.69, 9.17) is 9.47 Å². The van der Waals surface area contributed by atoms with Gasteiger partial charge in [-0.25, -0.2) is 0 Å². The van der Waals surface area contributed by atoms with Crippen molar-refractivity contribution in [3.8, 4) is 11.5 Å². The third kappa shape index (κ3) is 6.93. The molecule has 0 aliphatic rings. The molecule has 0 spiro atoms. The molecule has 0 fully saturated rings. The Morgan fingerprint density at radius 2 is 0.850 bits per heavy atom. The van der Waals surface area contributed by atoms with Gasteiger partial charge >= 0.3 is 0 Å². The van der Waals surface area contributed by atoms with Crippen LogP contribution in [-0.4, -0.2) is 11.6 Å². The molecule has 0 aliphatic heterocycles. The molecule has 5 rings (SSSR count). The summed E-state index contributed by atoms with van der Waals surface area (Å²) in [4.78, 5) is 25.3. The van der Waals surface area contributed by atoms with Gasteiger partial charge in [-0.15, -0.1) is 0 Å². The summed E-state index contributed by atoms with van der Waals surface area (Å²) in [5.74, 6) is 1.38. The van der Waals surface area contributed by atoms with Crippen LogP contribution >= 0.6 is 15.9 Å². The van der Waals surface area contributed by atoms with Crippen molar-refractivity contribution < 1.29 is 19.1 Å². The van der Waals surface area contributed by atoms with Crippen LogP contribution in [-0.2, 0) is 18.5 Å². The molecule has 0 amide bonds. The summed E-state index contributed by atoms with van der Waals surface area (Å²) in [6, 6.07) is 39.3. The first kappa shape index (κ1) is 27.1. The molecule has 0 aliphatic carbocycles. The molecule has 0 aromatic heterocycles. The molecule has 198 valence electrons. The molecule has 5 aromatic rings. The maximum Gasteiger partial charge on any atom is 0.193 e. The van der Waals surface area contributed by atoms with E-state index in [0.29, 0.717) is 52.3 Å². The zero-order valence-corrected chi connectivity index (χ0v) is 23.3. The van der Waals surface area contributed by atoms with Gasteiger partial charge in [0.05, 0.1) is 0 Å². The van der Waals surface area contributed by atoms with Crippen LogP contribution in [0.1, 0.15) is 48.5 Å². The molecule has 0 radical (unpaired) electrons. The standard InChI is InChI=1S/C35H27BrO4/c36-22-27-19-32(39-23-25-11-15-30(16-12-25)34(37)28-7-3-1-4-8-28)21-33(20-27)40-24-26-13-17-31(18-14-26)35(38)29-9-5-2-6-10-29/h1-21H,22-24H2. The molecule has 40 heavy (non-hydrogen) atoms. The number of hydrogen-bond acceptors (Lipinski definition) is 4. The second-order valence-electron chi connectivity index (χ2n) is 9.31. The largest absolute Gasteiger partial charge is 0.489 e. The number of carbonyl (C=O) groups is 2. The van der Waals surface area contributed by atoms with Gasteiger partial charge in [0.2, 0.25) is 0 Å². The summed E-state index contributed by atoms with van der Waals surface area (Å²) < 4.78 is 12.1. The second-order valence-corrected chi connectivity index (χ2v) is 9.87. The Balaban J connectivity index is 1.19. The van der Waals surface area contributed by atoms with Crippen molar-refractivity contribution in [3.05, 3.63) is 166 Å². The Morgan fingerprint density at radius 3 is 1.23 bits per heavy atom. The number of alkyl halides is 1. The number of rotatable bonds is 11. The van der Waals surface area contributed by atoms with Crippen LogP contribution in [0.3, 0.4) is 0 Å². The second kappa shape index (κ2) is 13.0. The minimum absolute atomic E-state index is 0.00249. The number of benzene rings is 5. The van der Waals surface area contributed by atoms with E-state index in [-0.39, 0.29) is 11.6 Å². The minimum atomic E-state index is -0.00249. The number of ether oxygens (including phenoxy) is 2. The van der Waals surface area contributed by atoms with E-state index in [9.17, 15) is 9.59 Å². The van der Waals surface area contributed by atoms with Gasteiger partial charge in [0.25, 0.3) is 0 Å². The van der Waals surface area contributed by atoms with Gasteiger partial charge in [0.1, 0.15) is 24.7 Å². The number of ketones is 2. The smallest absolute Gasteiger partial charge is 0.193 e. The van der Waals surface area contributed by atoms with Crippen LogP contribution < -0.4 is 9.47 Å². The van der Waals surface area contributed by atoms with Gasteiger partial charge < -0.3 is 9.47 Å². The van der Waals surface area contributed by atoms with E-state index < -0.39 is 0 Å². The average molecular weight is 592 g/mol. The predicted octanol–water partition coefficient (Wildman–Crippen LogP) is 8.20. The Hall–Kier alpha value is -4.48. The molecule has 4 nitrogen and oxygen atoms in total. The first-order valence-corrected chi connectivity index (χ1v) is 14.0. The molecule has 0 saturated heterocycles. The van der Waals surface area contributed by atoms with Crippen molar-refractivity contribution in [2.45, 2.75) is 18.5 Å². The maximum atomic E-state index is 12.6. The van der Waals surface area contributed by atoms with Crippen LogP contribution in [0.5, 0.6) is 11.5 Å². The summed E-state index contributed by atoms with van der Waals surface area (Å²) in [5.41, 5.74) is 5.57. The third-order valence-electron chi connectivity index (χ3n) is 6.41. The van der Waals surface area contributed by atoms with Crippen LogP contribution in [0.15, 0.2) is 127 Å². The normalized spacial score (nSPS) is 10.6. The first-order valence-electron chi connectivity index (χ1n) is 12.9. The predicted molar refractivity (Wildman–Crippen MR) is 160 cm³/mol. The van der Waals surface area contributed by atoms with Gasteiger partial charge in [-0.1, -0.05) is 125 Å². The lowest BCUT2D eigenvalue weighted by atomic mass is 10.0. The molecular formula is C35H27BrO4. The fourth-order valence-corrected chi connectivity index (χ4v) is 4.55. The topological polar surface area (TPSA) is 52.6 Å². The Kier molecular flexibility index (Phi) is 8.84. The van der Waals surface area contributed by atoms with Gasteiger partial charge in [-0.2, -0.15) is 0 Å². The lowest BCUT2D eigenvalue weighted by Crippen LogP contribution is -2.03. The van der Waals surface area contributed by atoms with Crippen molar-refractivity contribution in [1.82, 2.24) is 0 Å². The van der Waals surface area contributed by atoms with E-state index in [1.165, 1.54) is 0 Å². The first-order chi connectivity index (χ1) is 19.6. The third-order valence-corrected chi connectivity index (χ3v) is 7.06. The highest BCUT2D eigenvalue weighted by Crippen LogP contribution is 2.26. The van der Waals surface area contributed by atoms with E-state index >= 15 is 0 Å². The SMILES string of the molecule is O=C(c1ccccc1)c1ccc(COc2cc(CBr)cc(OCc3ccc(C(=O)c4ccccc4)cc3)c2)cc1. The number of carbonyl (C=O) groups excluding carboxylic acids is 2. The molecular weight excluding hydrogens is 564 g/mol. The monoisotopic (exact) mass is 590 g/mol. The van der Waals surface area contributed by atoms with E-state index in [1.54, 1.807) is 0 Å². The van der Waals surface area contributed by atoms with Gasteiger partial charge in [-0.3, -0.25) is 9.59 Å². The molecule has 5 heteroatoms. The van der Waals surface area contributed by atoms with Crippen LogP contribution in [0.2, 0.25) is 0 Å². The molecule has 0 unspecified atom stereocenters. The molecule has 0 heterocycles. The lowest BCUT2D eigenvalue weighted by molar-refractivity contribution is 0.103. The molecule has 0 bridgehead atoms. The maximum absolute atomic E-state index is 12.6. The molecule has 0 saturated carbocycles. The van der Waals surface area contributed by atoms with Crippen molar-refractivity contribution in [2.24, 2.45) is 0 Å². The van der Waals surface area contributed by atoms with Gasteiger partial charge in [-0.05, 0) is 28.8 Å². The highest BCUT2D eigenvalue weighted by molar-refractivity contribution is 9.08. The van der Waals surface area contributed by atoms with E-state index in [1.807, 2.05) is 127 Å². The number of halogens is 1. The Bertz CT molecular complexity index is 1460. The number of hydrogen-bond donors (Lipinski definition) is 0. The Morgan fingerprint density at radius 1 is 0.475 bits per heavy atom. The van der Waals surface area contributed by atoms with E-state index in [0.717, 1.165) is 16.7 Å². The minimum Gasteiger partial charge on any atom is -0.489 e. The highest BCUT2D eigenvalue weighted by atomic mass is 79.9. The summed E-state index contributed by atoms with van der Waals surface area (Å²) in [5, 5.41) is 0.660. The quantitative estimate of drug-likeness (QED) is 0.115. The summed E-state index contributed by atoms with van der Waals surface area (Å²) in [7, 11) is 0. The van der Waals surface area contributed by atoms with Gasteiger partial charge in [0, 0.05) is 33.7 Å². The summed E-state index contributed by atoms with van der Waals surface area (Å²) >= 11 is 3.52. The summed E-state index contributed by atoms with van der Waals surface area (Å²) in [6.45, 7) is 0.726. The van der Waals surface area contributed by atoms with Crippen molar-refractivity contribution >= 4 is 27.5 Å². The average Bonchev–Trinajstić information content (AvgIpc) is 3.03. The van der Waals surface area contributed by atoms with Crippen molar-refractivity contribution in [2.75, 3.05) is 0 Å². The van der Waals surface area contributed by atoms with Crippen molar-refractivity contribution in [1.29, 1.82) is 0 Å². The lowest BCUT2D eigenvalue weighted by Gasteiger charge is -2.12. The van der Waals surface area contributed by atoms with Crippen LogP contribution in [0.4, 0.5) is 0 Å². The summed E-state index contributed by atoms with van der Waals surface area (Å²) in [6.07, 6.45) is 0. The van der Waals surface area contributed by atoms with Gasteiger partial charge in [0.15, 0.2) is 11.6 Å².